The average Bonchev–Trinajstić information content (AvgIpc) is 2.19. The summed E-state index contributed by atoms with van der Waals surface area (Å²) in [5.41, 5.74) is 0. The van der Waals surface area contributed by atoms with Gasteiger partial charge in [-0.25, -0.2) is 0 Å². The molecule has 3 atom stereocenters. The maximum Gasteiger partial charge on any atom is 0.224 e. The van der Waals surface area contributed by atoms with Crippen LogP contribution in [0.4, 0.5) is 0 Å². The minimum Gasteiger partial charge on any atom is -0.395 e. The van der Waals surface area contributed by atoms with Crippen LogP contribution in [0.3, 0.4) is 0 Å². The summed E-state index contributed by atoms with van der Waals surface area (Å²) in [5.74, 6) is -0.0111. The van der Waals surface area contributed by atoms with Gasteiger partial charge < -0.3 is 15.7 Å². The van der Waals surface area contributed by atoms with Crippen molar-refractivity contribution in [1.29, 1.82) is 0 Å². The van der Waals surface area contributed by atoms with Crippen molar-refractivity contribution in [2.45, 2.75) is 25.1 Å². The van der Waals surface area contributed by atoms with Gasteiger partial charge in [0.1, 0.15) is 0 Å². The van der Waals surface area contributed by atoms with Gasteiger partial charge in [-0.3, -0.25) is 4.79 Å². The number of carbonyl (C=O) groups is 1. The average molecular weight is 234 g/mol. The van der Waals surface area contributed by atoms with Crippen molar-refractivity contribution < 1.29 is 9.90 Å². The Balaban J connectivity index is 4.04. The van der Waals surface area contributed by atoms with Crippen LogP contribution in [0.1, 0.15) is 13.8 Å². The molecule has 0 bridgehead atoms. The van der Waals surface area contributed by atoms with Crippen LogP contribution in [0.5, 0.6) is 0 Å². The van der Waals surface area contributed by atoms with Crippen LogP contribution in [0.2, 0.25) is 0 Å². The van der Waals surface area contributed by atoms with Gasteiger partial charge in [0.25, 0.3) is 0 Å². The lowest BCUT2D eigenvalue weighted by Gasteiger charge is -2.23. The normalized spacial score (nSPS) is 16.9. The number of amides is 1. The zero-order chi connectivity index (χ0) is 11.8. The number of thioether (sulfide) groups is 1. The van der Waals surface area contributed by atoms with Crippen LogP contribution in [0.15, 0.2) is 0 Å². The third kappa shape index (κ3) is 5.39. The fourth-order valence-electron chi connectivity index (χ4n) is 1.30. The third-order valence-corrected chi connectivity index (χ3v) is 3.53. The molecule has 3 unspecified atom stereocenters. The molecule has 1 amide bonds. The van der Waals surface area contributed by atoms with Gasteiger partial charge in [-0.15, -0.1) is 0 Å². The van der Waals surface area contributed by atoms with Crippen molar-refractivity contribution >= 4 is 17.7 Å². The van der Waals surface area contributed by atoms with E-state index in [2.05, 4.69) is 10.6 Å². The molecule has 0 spiro atoms. The van der Waals surface area contributed by atoms with E-state index in [1.165, 1.54) is 0 Å². The molecule has 0 heterocycles. The van der Waals surface area contributed by atoms with E-state index in [-0.39, 0.29) is 29.7 Å². The summed E-state index contributed by atoms with van der Waals surface area (Å²) in [6.07, 6.45) is 1.93. The van der Waals surface area contributed by atoms with Gasteiger partial charge in [-0.05, 0) is 20.2 Å². The highest BCUT2D eigenvalue weighted by molar-refractivity contribution is 7.99. The Bertz CT molecular complexity index is 186. The molecule has 3 N–H and O–H groups in total. The third-order valence-electron chi connectivity index (χ3n) is 2.37. The maximum atomic E-state index is 11.6. The van der Waals surface area contributed by atoms with E-state index in [4.69, 9.17) is 5.11 Å². The fraction of sp³-hybridized carbons (Fsp3) is 0.900. The molecule has 0 fully saturated rings. The lowest BCUT2D eigenvalue weighted by Crippen LogP contribution is -2.45. The van der Waals surface area contributed by atoms with Crippen molar-refractivity contribution in [3.8, 4) is 0 Å². The fourth-order valence-corrected chi connectivity index (χ4v) is 1.92. The number of carbonyl (C=O) groups excluding carboxylic acids is 1. The largest absolute Gasteiger partial charge is 0.395 e. The van der Waals surface area contributed by atoms with Gasteiger partial charge in [0, 0.05) is 23.8 Å². The van der Waals surface area contributed by atoms with Gasteiger partial charge in [0.15, 0.2) is 0 Å². The molecule has 0 aliphatic heterocycles. The molecule has 0 rings (SSSR count). The summed E-state index contributed by atoms with van der Waals surface area (Å²) < 4.78 is 0. The van der Waals surface area contributed by atoms with Crippen LogP contribution in [0, 0.1) is 5.92 Å². The van der Waals surface area contributed by atoms with Crippen molar-refractivity contribution in [2.24, 2.45) is 5.92 Å². The van der Waals surface area contributed by atoms with Crippen LogP contribution in [0.25, 0.3) is 0 Å². The second kappa shape index (κ2) is 7.96. The molecule has 0 aromatic heterocycles. The molecule has 0 aliphatic rings. The van der Waals surface area contributed by atoms with Gasteiger partial charge >= 0.3 is 0 Å². The molecule has 0 saturated carbocycles. The highest BCUT2D eigenvalue weighted by Gasteiger charge is 2.19. The quantitative estimate of drug-likeness (QED) is 0.583. The second-order valence-electron chi connectivity index (χ2n) is 3.71. The maximum absolute atomic E-state index is 11.6. The van der Waals surface area contributed by atoms with Crippen LogP contribution in [-0.4, -0.2) is 48.8 Å². The molecular formula is C10H22N2O2S. The zero-order valence-corrected chi connectivity index (χ0v) is 10.7. The number of rotatable bonds is 7. The van der Waals surface area contributed by atoms with Crippen molar-refractivity contribution in [3.05, 3.63) is 0 Å². The molecule has 0 radical (unpaired) electrons. The predicted molar refractivity (Wildman–Crippen MR) is 65.1 cm³/mol. The van der Waals surface area contributed by atoms with Gasteiger partial charge in [0.05, 0.1) is 6.61 Å². The minimum atomic E-state index is -0.0429. The molecule has 5 heteroatoms. The van der Waals surface area contributed by atoms with E-state index in [0.717, 1.165) is 0 Å². The van der Waals surface area contributed by atoms with Crippen molar-refractivity contribution in [1.82, 2.24) is 10.6 Å². The van der Waals surface area contributed by atoms with Crippen molar-refractivity contribution in [2.75, 3.05) is 26.5 Å². The summed E-state index contributed by atoms with van der Waals surface area (Å²) in [5, 5.41) is 15.0. The van der Waals surface area contributed by atoms with E-state index in [1.54, 1.807) is 11.8 Å². The Labute approximate surface area is 96.2 Å². The van der Waals surface area contributed by atoms with Gasteiger partial charge in [0.2, 0.25) is 5.91 Å². The summed E-state index contributed by atoms with van der Waals surface area (Å²) in [4.78, 5) is 11.6. The zero-order valence-electron chi connectivity index (χ0n) is 9.91. The number of nitrogens with one attached hydrogen (secondary N) is 2. The lowest BCUT2D eigenvalue weighted by molar-refractivity contribution is -0.125. The van der Waals surface area contributed by atoms with Crippen LogP contribution < -0.4 is 10.6 Å². The highest BCUT2D eigenvalue weighted by Crippen LogP contribution is 2.10. The molecule has 0 aromatic rings. The Morgan fingerprint density at radius 3 is 2.47 bits per heavy atom. The van der Waals surface area contributed by atoms with Crippen LogP contribution in [-0.2, 0) is 4.79 Å². The first-order chi connectivity index (χ1) is 7.06. The summed E-state index contributed by atoms with van der Waals surface area (Å²) in [7, 11) is 1.83. The van der Waals surface area contributed by atoms with Crippen molar-refractivity contribution in [3.63, 3.8) is 0 Å². The summed E-state index contributed by atoms with van der Waals surface area (Å²) in [6, 6.07) is -0.00296. The number of aliphatic hydroxyl groups excluding tert-OH is 1. The SMILES string of the molecule is CNCC(C)C(=O)NC(C)C(CO)SC. The smallest absolute Gasteiger partial charge is 0.224 e. The molecular weight excluding hydrogens is 212 g/mol. The van der Waals surface area contributed by atoms with Crippen LogP contribution >= 0.6 is 11.8 Å². The summed E-state index contributed by atoms with van der Waals surface area (Å²) in [6.45, 7) is 4.55. The van der Waals surface area contributed by atoms with E-state index in [9.17, 15) is 4.79 Å². The van der Waals surface area contributed by atoms with Gasteiger partial charge in [-0.1, -0.05) is 6.92 Å². The van der Waals surface area contributed by atoms with E-state index >= 15 is 0 Å². The lowest BCUT2D eigenvalue weighted by atomic mass is 10.1. The number of hydrogen-bond donors (Lipinski definition) is 3. The van der Waals surface area contributed by atoms with Gasteiger partial charge in [-0.2, -0.15) is 11.8 Å². The molecule has 0 saturated heterocycles. The van der Waals surface area contributed by atoms with E-state index in [1.807, 2.05) is 27.2 Å². The second-order valence-corrected chi connectivity index (χ2v) is 4.79. The standard InChI is InChI=1S/C10H22N2O2S/c1-7(5-11-3)10(14)12-8(2)9(6-13)15-4/h7-9,11,13H,5-6H2,1-4H3,(H,12,14). The molecule has 0 aromatic carbocycles. The molecule has 0 aliphatic carbocycles. The highest BCUT2D eigenvalue weighted by atomic mass is 32.2. The number of hydrogen-bond acceptors (Lipinski definition) is 4. The first-order valence-corrected chi connectivity index (χ1v) is 6.44. The Hall–Kier alpha value is -0.260. The molecule has 90 valence electrons. The first-order valence-electron chi connectivity index (χ1n) is 5.15. The van der Waals surface area contributed by atoms with E-state index < -0.39 is 0 Å². The Morgan fingerprint density at radius 1 is 1.47 bits per heavy atom. The van der Waals surface area contributed by atoms with E-state index in [0.29, 0.717) is 6.54 Å². The first kappa shape index (κ1) is 14.7. The monoisotopic (exact) mass is 234 g/mol. The molecule has 15 heavy (non-hydrogen) atoms. The Morgan fingerprint density at radius 2 is 2.07 bits per heavy atom. The molecule has 4 nitrogen and oxygen atoms in total. The predicted octanol–water partition coefficient (Wildman–Crippen LogP) is 0.0705. The number of aliphatic hydroxyl groups is 1. The Kier molecular flexibility index (Phi) is 7.82. The summed E-state index contributed by atoms with van der Waals surface area (Å²) >= 11 is 1.56. The topological polar surface area (TPSA) is 61.4 Å². The minimum absolute atomic E-state index is 0.00296.